The Morgan fingerprint density at radius 3 is 2.40 bits per heavy atom. The number of nitrogens with zero attached hydrogens (tertiary/aromatic N) is 2. The summed E-state index contributed by atoms with van der Waals surface area (Å²) in [6.45, 7) is 9.39. The van der Waals surface area contributed by atoms with E-state index in [1.54, 1.807) is 30.5 Å². The molecule has 7 heteroatoms. The molecule has 1 unspecified atom stereocenters. The number of carbonyl (C=O) groups is 2. The maximum Gasteiger partial charge on any atom is 0.266 e. The summed E-state index contributed by atoms with van der Waals surface area (Å²) in [6.07, 6.45) is 1.03. The highest BCUT2D eigenvalue weighted by molar-refractivity contribution is 7.99. The molecule has 1 N–H and O–H groups in total. The van der Waals surface area contributed by atoms with Crippen LogP contribution >= 0.6 is 11.8 Å². The minimum absolute atomic E-state index is 0.0752. The standard InChI is InChI=1S/C28H29N3O3S/c1-6-16(2)20-11-13-21(14-12-20)31-27(34)22-9-7-8-10-23(22)30-28(31)35-15-24(33)26-17(3)25(19(5)32)18(4)29-26/h7-14,16,29H,6,15H2,1-5H3. The maximum atomic E-state index is 13.5. The molecule has 2 aromatic carbocycles. The third-order valence-corrected chi connectivity index (χ3v) is 7.42. The number of H-pyrrole nitrogens is 1. The van der Waals surface area contributed by atoms with Crippen molar-refractivity contribution in [1.29, 1.82) is 0 Å². The smallest absolute Gasteiger partial charge is 0.266 e. The number of para-hydroxylation sites is 1. The van der Waals surface area contributed by atoms with E-state index in [0.717, 1.165) is 6.42 Å². The molecule has 4 aromatic rings. The van der Waals surface area contributed by atoms with Gasteiger partial charge in [0, 0.05) is 11.3 Å². The van der Waals surface area contributed by atoms with E-state index in [2.05, 4.69) is 18.8 Å². The first-order chi connectivity index (χ1) is 16.7. The van der Waals surface area contributed by atoms with Crippen LogP contribution in [0.5, 0.6) is 0 Å². The number of nitrogens with one attached hydrogen (secondary N) is 1. The third-order valence-electron chi connectivity index (χ3n) is 6.48. The van der Waals surface area contributed by atoms with Gasteiger partial charge in [-0.3, -0.25) is 19.0 Å². The Morgan fingerprint density at radius 2 is 1.77 bits per heavy atom. The largest absolute Gasteiger partial charge is 0.355 e. The van der Waals surface area contributed by atoms with Gasteiger partial charge in [0.2, 0.25) is 0 Å². The second kappa shape index (κ2) is 10.0. The molecule has 0 bridgehead atoms. The second-order valence-electron chi connectivity index (χ2n) is 8.85. The van der Waals surface area contributed by atoms with Crippen LogP contribution in [0.3, 0.4) is 0 Å². The number of hydrogen-bond acceptors (Lipinski definition) is 5. The van der Waals surface area contributed by atoms with Crippen LogP contribution in [0.15, 0.2) is 58.5 Å². The van der Waals surface area contributed by atoms with Crippen molar-refractivity contribution < 1.29 is 9.59 Å². The Labute approximate surface area is 208 Å². The number of thioether (sulfide) groups is 1. The Bertz CT molecular complexity index is 1480. The molecule has 6 nitrogen and oxygen atoms in total. The third kappa shape index (κ3) is 4.73. The fourth-order valence-corrected chi connectivity index (χ4v) is 5.27. The van der Waals surface area contributed by atoms with Crippen molar-refractivity contribution in [2.45, 2.75) is 52.1 Å². The van der Waals surface area contributed by atoms with Gasteiger partial charge in [-0.05, 0) is 68.5 Å². The van der Waals surface area contributed by atoms with Crippen molar-refractivity contribution in [2.75, 3.05) is 5.75 Å². The normalized spacial score (nSPS) is 12.1. The quantitative estimate of drug-likeness (QED) is 0.187. The number of Topliss-reactive ketones (excluding diaryl/α,β-unsaturated/α-hetero) is 2. The van der Waals surface area contributed by atoms with Crippen LogP contribution in [0, 0.1) is 13.8 Å². The van der Waals surface area contributed by atoms with Gasteiger partial charge in [0.1, 0.15) is 0 Å². The van der Waals surface area contributed by atoms with E-state index in [0.29, 0.717) is 50.2 Å². The van der Waals surface area contributed by atoms with Crippen LogP contribution in [0.1, 0.15) is 70.8 Å². The topological polar surface area (TPSA) is 84.8 Å². The van der Waals surface area contributed by atoms with Gasteiger partial charge in [0.05, 0.1) is 28.0 Å². The summed E-state index contributed by atoms with van der Waals surface area (Å²) in [5.74, 6) is 0.279. The molecular formula is C28H29N3O3S. The minimum Gasteiger partial charge on any atom is -0.355 e. The second-order valence-corrected chi connectivity index (χ2v) is 9.79. The summed E-state index contributed by atoms with van der Waals surface area (Å²) in [6, 6.07) is 15.2. The van der Waals surface area contributed by atoms with Gasteiger partial charge in [-0.2, -0.15) is 0 Å². The van der Waals surface area contributed by atoms with Crippen molar-refractivity contribution in [1.82, 2.24) is 14.5 Å². The van der Waals surface area contributed by atoms with Crippen molar-refractivity contribution >= 4 is 34.2 Å². The number of hydrogen-bond donors (Lipinski definition) is 1. The van der Waals surface area contributed by atoms with E-state index in [1.807, 2.05) is 36.4 Å². The van der Waals surface area contributed by atoms with Crippen LogP contribution in [0.2, 0.25) is 0 Å². The van der Waals surface area contributed by atoms with E-state index >= 15 is 0 Å². The summed E-state index contributed by atoms with van der Waals surface area (Å²) in [5.41, 5.74) is 4.66. The molecule has 0 saturated heterocycles. The number of ketones is 2. The number of carbonyl (C=O) groups excluding carboxylic acids is 2. The molecule has 0 radical (unpaired) electrons. The lowest BCUT2D eigenvalue weighted by Gasteiger charge is -2.15. The van der Waals surface area contributed by atoms with E-state index < -0.39 is 0 Å². The minimum atomic E-state index is -0.174. The van der Waals surface area contributed by atoms with Gasteiger partial charge in [-0.1, -0.05) is 49.9 Å². The molecule has 0 fully saturated rings. The summed E-state index contributed by atoms with van der Waals surface area (Å²) in [4.78, 5) is 46.4. The van der Waals surface area contributed by atoms with Crippen LogP contribution in [-0.4, -0.2) is 31.9 Å². The molecule has 0 amide bonds. The highest BCUT2D eigenvalue weighted by Crippen LogP contribution is 2.26. The summed E-state index contributed by atoms with van der Waals surface area (Å²) in [7, 11) is 0. The molecule has 0 spiro atoms. The zero-order valence-electron chi connectivity index (χ0n) is 20.6. The van der Waals surface area contributed by atoms with E-state index in [9.17, 15) is 14.4 Å². The highest BCUT2D eigenvalue weighted by atomic mass is 32.2. The molecule has 4 rings (SSSR count). The first-order valence-electron chi connectivity index (χ1n) is 11.7. The lowest BCUT2D eigenvalue weighted by molar-refractivity contribution is 0.101. The SMILES string of the molecule is CCC(C)c1ccc(-n2c(SCC(=O)c3[nH]c(C)c(C(C)=O)c3C)nc3ccccc3c2=O)cc1. The molecule has 0 aliphatic heterocycles. The molecule has 2 heterocycles. The van der Waals surface area contributed by atoms with Crippen LogP contribution in [0.4, 0.5) is 0 Å². The van der Waals surface area contributed by atoms with Crippen molar-refractivity contribution in [3.63, 3.8) is 0 Å². The number of aryl methyl sites for hydroxylation is 1. The Morgan fingerprint density at radius 1 is 1.09 bits per heavy atom. The Kier molecular flexibility index (Phi) is 7.08. The van der Waals surface area contributed by atoms with Gasteiger partial charge in [-0.25, -0.2) is 4.98 Å². The van der Waals surface area contributed by atoms with Crippen LogP contribution in [0.25, 0.3) is 16.6 Å². The van der Waals surface area contributed by atoms with E-state index in [1.165, 1.54) is 24.2 Å². The monoisotopic (exact) mass is 487 g/mol. The highest BCUT2D eigenvalue weighted by Gasteiger charge is 2.21. The molecule has 180 valence electrons. The zero-order chi connectivity index (χ0) is 25.3. The van der Waals surface area contributed by atoms with Gasteiger partial charge in [-0.15, -0.1) is 0 Å². The molecular weight excluding hydrogens is 458 g/mol. The molecule has 0 saturated carbocycles. The average molecular weight is 488 g/mol. The fourth-order valence-electron chi connectivity index (χ4n) is 4.38. The summed E-state index contributed by atoms with van der Waals surface area (Å²) >= 11 is 1.22. The van der Waals surface area contributed by atoms with E-state index in [4.69, 9.17) is 4.98 Å². The van der Waals surface area contributed by atoms with Crippen LogP contribution in [-0.2, 0) is 0 Å². The predicted octanol–water partition coefficient (Wildman–Crippen LogP) is 6.02. The average Bonchev–Trinajstić information content (AvgIpc) is 3.16. The van der Waals surface area contributed by atoms with Crippen LogP contribution < -0.4 is 5.56 Å². The number of rotatable bonds is 8. The van der Waals surface area contributed by atoms with Gasteiger partial charge < -0.3 is 4.98 Å². The number of aromatic nitrogens is 3. The molecule has 2 aromatic heterocycles. The first-order valence-corrected chi connectivity index (χ1v) is 12.7. The number of aromatic amines is 1. The Hall–Kier alpha value is -3.45. The van der Waals surface area contributed by atoms with E-state index in [-0.39, 0.29) is 22.9 Å². The van der Waals surface area contributed by atoms with Crippen molar-refractivity contribution in [3.8, 4) is 5.69 Å². The lowest BCUT2D eigenvalue weighted by Crippen LogP contribution is -2.22. The summed E-state index contributed by atoms with van der Waals surface area (Å²) in [5, 5.41) is 0.974. The molecule has 1 atom stereocenters. The Balaban J connectivity index is 1.73. The molecule has 35 heavy (non-hydrogen) atoms. The van der Waals surface area contributed by atoms with Crippen molar-refractivity contribution in [2.24, 2.45) is 0 Å². The van der Waals surface area contributed by atoms with Gasteiger partial charge >= 0.3 is 0 Å². The first kappa shape index (κ1) is 24.7. The lowest BCUT2D eigenvalue weighted by atomic mass is 9.98. The molecule has 0 aliphatic rings. The van der Waals surface area contributed by atoms with Gasteiger partial charge in [0.25, 0.3) is 5.56 Å². The zero-order valence-corrected chi connectivity index (χ0v) is 21.5. The number of benzene rings is 2. The predicted molar refractivity (Wildman–Crippen MR) is 141 cm³/mol. The summed E-state index contributed by atoms with van der Waals surface area (Å²) < 4.78 is 1.58. The fraction of sp³-hybridized carbons (Fsp3) is 0.286. The maximum absolute atomic E-state index is 13.5. The number of fused-ring (bicyclic) bond motifs is 1. The van der Waals surface area contributed by atoms with Crippen molar-refractivity contribution in [3.05, 3.63) is 87.0 Å². The molecule has 0 aliphatic carbocycles. The van der Waals surface area contributed by atoms with Gasteiger partial charge in [0.15, 0.2) is 16.7 Å².